The standard InChI is InChI=1S/C13H24N2/c1-3-13(4-2,11-14)15-12-9-7-5-6-8-10-12/h12,15H,3-10H2,1-2H3. The molecule has 1 fully saturated rings. The normalized spacial score (nSPS) is 19.5. The maximum absolute atomic E-state index is 9.26. The van der Waals surface area contributed by atoms with Gasteiger partial charge in [-0.3, -0.25) is 5.32 Å². The Morgan fingerprint density at radius 1 is 1.13 bits per heavy atom. The van der Waals surface area contributed by atoms with E-state index in [1.54, 1.807) is 0 Å². The summed E-state index contributed by atoms with van der Waals surface area (Å²) < 4.78 is 0. The maximum atomic E-state index is 9.26. The zero-order chi connectivity index (χ0) is 11.1. The first-order chi connectivity index (χ1) is 7.26. The predicted octanol–water partition coefficient (Wildman–Crippen LogP) is 3.38. The molecule has 15 heavy (non-hydrogen) atoms. The van der Waals surface area contributed by atoms with Crippen molar-refractivity contribution >= 4 is 0 Å². The highest BCUT2D eigenvalue weighted by atomic mass is 15.0. The fourth-order valence-corrected chi connectivity index (χ4v) is 2.46. The average molecular weight is 208 g/mol. The largest absolute Gasteiger partial charge is 0.297 e. The molecule has 0 aromatic carbocycles. The summed E-state index contributed by atoms with van der Waals surface area (Å²) in [5.74, 6) is 0. The molecule has 2 nitrogen and oxygen atoms in total. The molecule has 0 unspecified atom stereocenters. The second kappa shape index (κ2) is 6.12. The van der Waals surface area contributed by atoms with Gasteiger partial charge in [0.25, 0.3) is 0 Å². The molecule has 0 atom stereocenters. The molecule has 1 rings (SSSR count). The second-order valence-electron chi connectivity index (χ2n) is 4.73. The van der Waals surface area contributed by atoms with Crippen molar-refractivity contribution in [1.82, 2.24) is 5.32 Å². The van der Waals surface area contributed by atoms with Gasteiger partial charge in [-0.05, 0) is 25.7 Å². The minimum absolute atomic E-state index is 0.269. The lowest BCUT2D eigenvalue weighted by molar-refractivity contribution is 0.314. The molecule has 1 saturated carbocycles. The number of hydrogen-bond acceptors (Lipinski definition) is 2. The number of rotatable bonds is 4. The lowest BCUT2D eigenvalue weighted by Crippen LogP contribution is -2.48. The van der Waals surface area contributed by atoms with Gasteiger partial charge < -0.3 is 0 Å². The molecule has 1 N–H and O–H groups in total. The van der Waals surface area contributed by atoms with Crippen LogP contribution in [0.4, 0.5) is 0 Å². The van der Waals surface area contributed by atoms with E-state index in [1.807, 2.05) is 0 Å². The molecule has 0 aliphatic heterocycles. The van der Waals surface area contributed by atoms with E-state index in [9.17, 15) is 5.26 Å². The average Bonchev–Trinajstić information content (AvgIpc) is 2.54. The zero-order valence-corrected chi connectivity index (χ0v) is 10.2. The molecular weight excluding hydrogens is 184 g/mol. The van der Waals surface area contributed by atoms with Crippen LogP contribution in [0.5, 0.6) is 0 Å². The number of nitriles is 1. The molecule has 0 heterocycles. The van der Waals surface area contributed by atoms with Crippen molar-refractivity contribution in [3.8, 4) is 6.07 Å². The van der Waals surface area contributed by atoms with Gasteiger partial charge in [0.05, 0.1) is 6.07 Å². The Morgan fingerprint density at radius 2 is 1.67 bits per heavy atom. The summed E-state index contributed by atoms with van der Waals surface area (Å²) in [5, 5.41) is 12.9. The van der Waals surface area contributed by atoms with Crippen molar-refractivity contribution < 1.29 is 0 Å². The van der Waals surface area contributed by atoms with E-state index in [2.05, 4.69) is 25.2 Å². The SMILES string of the molecule is CCC(C#N)(CC)NC1CCCCCC1. The molecule has 0 aromatic heterocycles. The summed E-state index contributed by atoms with van der Waals surface area (Å²) in [6.45, 7) is 4.22. The van der Waals surface area contributed by atoms with Gasteiger partial charge in [0, 0.05) is 6.04 Å². The highest BCUT2D eigenvalue weighted by molar-refractivity contribution is 5.06. The summed E-state index contributed by atoms with van der Waals surface area (Å²) in [6.07, 6.45) is 9.73. The molecule has 0 radical (unpaired) electrons. The molecule has 86 valence electrons. The third kappa shape index (κ3) is 3.50. The molecule has 0 aromatic rings. The van der Waals surface area contributed by atoms with Gasteiger partial charge in [-0.2, -0.15) is 5.26 Å². The third-order valence-corrected chi connectivity index (χ3v) is 3.76. The topological polar surface area (TPSA) is 35.8 Å². The second-order valence-corrected chi connectivity index (χ2v) is 4.73. The van der Waals surface area contributed by atoms with Crippen LogP contribution in [0.1, 0.15) is 65.2 Å². The Labute approximate surface area is 94.1 Å². The Balaban J connectivity index is 2.53. The fourth-order valence-electron chi connectivity index (χ4n) is 2.46. The quantitative estimate of drug-likeness (QED) is 0.719. The molecule has 0 saturated heterocycles. The van der Waals surface area contributed by atoms with E-state index < -0.39 is 0 Å². The fraction of sp³-hybridized carbons (Fsp3) is 0.923. The first-order valence-electron chi connectivity index (χ1n) is 6.45. The van der Waals surface area contributed by atoms with Crippen molar-refractivity contribution in [1.29, 1.82) is 5.26 Å². The van der Waals surface area contributed by atoms with E-state index in [1.165, 1.54) is 38.5 Å². The summed E-state index contributed by atoms with van der Waals surface area (Å²) in [7, 11) is 0. The van der Waals surface area contributed by atoms with Gasteiger partial charge in [0.15, 0.2) is 0 Å². The third-order valence-electron chi connectivity index (χ3n) is 3.76. The van der Waals surface area contributed by atoms with Crippen molar-refractivity contribution in [3.05, 3.63) is 0 Å². The number of nitrogens with zero attached hydrogens (tertiary/aromatic N) is 1. The van der Waals surface area contributed by atoms with Crippen LogP contribution < -0.4 is 5.32 Å². The molecule has 2 heteroatoms. The van der Waals surface area contributed by atoms with Crippen molar-refractivity contribution in [2.75, 3.05) is 0 Å². The predicted molar refractivity (Wildman–Crippen MR) is 63.6 cm³/mol. The van der Waals surface area contributed by atoms with E-state index in [0.717, 1.165) is 12.8 Å². The molecular formula is C13H24N2. The Kier molecular flexibility index (Phi) is 5.11. The first-order valence-corrected chi connectivity index (χ1v) is 6.45. The lowest BCUT2D eigenvalue weighted by Gasteiger charge is -2.30. The highest BCUT2D eigenvalue weighted by Crippen LogP contribution is 2.22. The van der Waals surface area contributed by atoms with Crippen LogP contribution in [0.2, 0.25) is 0 Å². The smallest absolute Gasteiger partial charge is 0.106 e. The van der Waals surface area contributed by atoms with E-state index in [-0.39, 0.29) is 5.54 Å². The van der Waals surface area contributed by atoms with Crippen LogP contribution in [0.3, 0.4) is 0 Å². The number of nitrogens with one attached hydrogen (secondary N) is 1. The van der Waals surface area contributed by atoms with E-state index in [0.29, 0.717) is 6.04 Å². The van der Waals surface area contributed by atoms with Gasteiger partial charge >= 0.3 is 0 Å². The Morgan fingerprint density at radius 3 is 2.07 bits per heavy atom. The summed E-state index contributed by atoms with van der Waals surface area (Å²) in [4.78, 5) is 0. The summed E-state index contributed by atoms with van der Waals surface area (Å²) in [6, 6.07) is 3.05. The van der Waals surface area contributed by atoms with Crippen LogP contribution in [0.25, 0.3) is 0 Å². The Hall–Kier alpha value is -0.550. The minimum atomic E-state index is -0.269. The zero-order valence-electron chi connectivity index (χ0n) is 10.2. The minimum Gasteiger partial charge on any atom is -0.297 e. The summed E-state index contributed by atoms with van der Waals surface area (Å²) >= 11 is 0. The maximum Gasteiger partial charge on any atom is 0.106 e. The summed E-state index contributed by atoms with van der Waals surface area (Å²) in [5.41, 5.74) is -0.269. The Bertz CT molecular complexity index is 205. The van der Waals surface area contributed by atoms with Gasteiger partial charge in [-0.15, -0.1) is 0 Å². The van der Waals surface area contributed by atoms with Gasteiger partial charge in [-0.1, -0.05) is 39.5 Å². The van der Waals surface area contributed by atoms with Crippen LogP contribution in [0.15, 0.2) is 0 Å². The molecule has 0 spiro atoms. The van der Waals surface area contributed by atoms with Crippen LogP contribution in [-0.2, 0) is 0 Å². The van der Waals surface area contributed by atoms with Crippen molar-refractivity contribution in [2.24, 2.45) is 0 Å². The number of hydrogen-bond donors (Lipinski definition) is 1. The molecule has 0 bridgehead atoms. The van der Waals surface area contributed by atoms with E-state index >= 15 is 0 Å². The van der Waals surface area contributed by atoms with Crippen molar-refractivity contribution in [3.63, 3.8) is 0 Å². The van der Waals surface area contributed by atoms with Gasteiger partial charge in [-0.25, -0.2) is 0 Å². The van der Waals surface area contributed by atoms with Crippen LogP contribution >= 0.6 is 0 Å². The highest BCUT2D eigenvalue weighted by Gasteiger charge is 2.28. The molecule has 0 amide bonds. The molecule has 1 aliphatic carbocycles. The molecule has 1 aliphatic rings. The first kappa shape index (κ1) is 12.5. The van der Waals surface area contributed by atoms with Gasteiger partial charge in [0.1, 0.15) is 5.54 Å². The monoisotopic (exact) mass is 208 g/mol. The van der Waals surface area contributed by atoms with E-state index in [4.69, 9.17) is 0 Å². The van der Waals surface area contributed by atoms with Gasteiger partial charge in [0.2, 0.25) is 0 Å². The lowest BCUT2D eigenvalue weighted by atomic mass is 9.92. The van der Waals surface area contributed by atoms with Crippen molar-refractivity contribution in [2.45, 2.75) is 76.8 Å². The van der Waals surface area contributed by atoms with Crippen LogP contribution in [0, 0.1) is 11.3 Å². The van der Waals surface area contributed by atoms with Crippen LogP contribution in [-0.4, -0.2) is 11.6 Å².